The number of nitrogens with one attached hydrogen (secondary N) is 1. The molecule has 1 heterocycles. The summed E-state index contributed by atoms with van der Waals surface area (Å²) in [5.41, 5.74) is 8.32. The van der Waals surface area contributed by atoms with Gasteiger partial charge in [-0.25, -0.2) is 0 Å². The summed E-state index contributed by atoms with van der Waals surface area (Å²) < 4.78 is 5.65. The summed E-state index contributed by atoms with van der Waals surface area (Å²) in [7, 11) is 0. The maximum atomic E-state index is 10.4. The standard InChI is InChI=1S/C13H18N2O3/c14-13(18-9-3-6-12(16)17)11-5-2-1-4-10(11)7-8-15-13/h1-2,4-5,15H,3,6-9,14H2,(H,16,17). The summed E-state index contributed by atoms with van der Waals surface area (Å²) in [6.07, 6.45) is 1.48. The first-order chi connectivity index (χ1) is 8.62. The smallest absolute Gasteiger partial charge is 0.303 e. The van der Waals surface area contributed by atoms with Crippen molar-refractivity contribution in [2.24, 2.45) is 5.73 Å². The molecule has 0 aromatic heterocycles. The van der Waals surface area contributed by atoms with Gasteiger partial charge in [-0.05, 0) is 18.4 Å². The molecule has 1 aliphatic rings. The molecule has 98 valence electrons. The quantitative estimate of drug-likeness (QED) is 0.531. The lowest BCUT2D eigenvalue weighted by Crippen LogP contribution is -2.56. The first kappa shape index (κ1) is 13.0. The van der Waals surface area contributed by atoms with Crippen molar-refractivity contribution in [3.05, 3.63) is 35.4 Å². The van der Waals surface area contributed by atoms with Gasteiger partial charge in [0.15, 0.2) is 5.85 Å². The summed E-state index contributed by atoms with van der Waals surface area (Å²) in [6, 6.07) is 7.89. The van der Waals surface area contributed by atoms with Crippen molar-refractivity contribution in [2.45, 2.75) is 25.1 Å². The van der Waals surface area contributed by atoms with Gasteiger partial charge in [-0.2, -0.15) is 0 Å². The van der Waals surface area contributed by atoms with Gasteiger partial charge in [0.2, 0.25) is 0 Å². The summed E-state index contributed by atoms with van der Waals surface area (Å²) in [6.45, 7) is 1.08. The molecule has 5 heteroatoms. The lowest BCUT2D eigenvalue weighted by molar-refractivity contribution is -0.138. The van der Waals surface area contributed by atoms with Crippen molar-refractivity contribution < 1.29 is 14.6 Å². The van der Waals surface area contributed by atoms with Gasteiger partial charge >= 0.3 is 5.97 Å². The summed E-state index contributed by atoms with van der Waals surface area (Å²) >= 11 is 0. The average molecular weight is 250 g/mol. The van der Waals surface area contributed by atoms with Gasteiger partial charge in [0.1, 0.15) is 0 Å². The fourth-order valence-electron chi connectivity index (χ4n) is 2.16. The van der Waals surface area contributed by atoms with Crippen LogP contribution in [-0.4, -0.2) is 24.2 Å². The highest BCUT2D eigenvalue weighted by Gasteiger charge is 2.32. The van der Waals surface area contributed by atoms with E-state index in [4.69, 9.17) is 15.6 Å². The molecule has 1 unspecified atom stereocenters. The number of rotatable bonds is 5. The van der Waals surface area contributed by atoms with Crippen LogP contribution in [0, 0.1) is 0 Å². The fourth-order valence-corrected chi connectivity index (χ4v) is 2.16. The molecular weight excluding hydrogens is 232 g/mol. The summed E-state index contributed by atoms with van der Waals surface area (Å²) in [5, 5.41) is 11.7. The van der Waals surface area contributed by atoms with E-state index in [9.17, 15) is 4.79 Å². The van der Waals surface area contributed by atoms with E-state index >= 15 is 0 Å². The van der Waals surface area contributed by atoms with Crippen molar-refractivity contribution in [3.63, 3.8) is 0 Å². The van der Waals surface area contributed by atoms with Crippen molar-refractivity contribution in [2.75, 3.05) is 13.2 Å². The molecule has 18 heavy (non-hydrogen) atoms. The first-order valence-corrected chi connectivity index (χ1v) is 6.10. The maximum absolute atomic E-state index is 10.4. The van der Waals surface area contributed by atoms with Crippen molar-refractivity contribution in [1.82, 2.24) is 5.32 Å². The second-order valence-corrected chi connectivity index (χ2v) is 4.42. The molecule has 1 atom stereocenters. The molecule has 2 rings (SSSR count). The van der Waals surface area contributed by atoms with E-state index in [1.807, 2.05) is 24.3 Å². The number of carbonyl (C=O) groups is 1. The minimum absolute atomic E-state index is 0.0950. The largest absolute Gasteiger partial charge is 0.481 e. The zero-order chi connectivity index (χ0) is 13.0. The molecule has 0 amide bonds. The van der Waals surface area contributed by atoms with Crippen LogP contribution in [0.4, 0.5) is 0 Å². The molecule has 0 saturated heterocycles. The van der Waals surface area contributed by atoms with Crippen molar-refractivity contribution >= 4 is 5.97 Å². The predicted octanol–water partition coefficient (Wildman–Crippen LogP) is 0.783. The molecule has 0 fully saturated rings. The van der Waals surface area contributed by atoms with Gasteiger partial charge in [0.25, 0.3) is 0 Å². The fraction of sp³-hybridized carbons (Fsp3) is 0.462. The molecule has 1 aromatic carbocycles. The number of benzene rings is 1. The molecule has 1 aliphatic heterocycles. The topological polar surface area (TPSA) is 84.6 Å². The molecule has 0 spiro atoms. The molecule has 4 N–H and O–H groups in total. The number of carboxylic acids is 1. The molecule has 0 aliphatic carbocycles. The Hall–Kier alpha value is -1.43. The molecular formula is C13H18N2O3. The lowest BCUT2D eigenvalue weighted by atomic mass is 9.96. The van der Waals surface area contributed by atoms with Gasteiger partial charge in [-0.3, -0.25) is 15.8 Å². The minimum Gasteiger partial charge on any atom is -0.481 e. The Balaban J connectivity index is 2.01. The Morgan fingerprint density at radius 2 is 2.28 bits per heavy atom. The van der Waals surface area contributed by atoms with E-state index in [1.54, 1.807) is 0 Å². The minimum atomic E-state index is -0.993. The zero-order valence-electron chi connectivity index (χ0n) is 10.2. The monoisotopic (exact) mass is 250 g/mol. The molecule has 5 nitrogen and oxygen atoms in total. The third-order valence-corrected chi connectivity index (χ3v) is 3.06. The van der Waals surface area contributed by atoms with Gasteiger partial charge in [0.05, 0.1) is 6.61 Å². The van der Waals surface area contributed by atoms with E-state index in [1.165, 1.54) is 5.56 Å². The van der Waals surface area contributed by atoms with Crippen LogP contribution in [0.15, 0.2) is 24.3 Å². The number of hydrogen-bond donors (Lipinski definition) is 3. The van der Waals surface area contributed by atoms with Crippen LogP contribution >= 0.6 is 0 Å². The number of aliphatic carboxylic acids is 1. The molecule has 1 aromatic rings. The van der Waals surface area contributed by atoms with Gasteiger partial charge < -0.3 is 9.84 Å². The van der Waals surface area contributed by atoms with E-state index in [2.05, 4.69) is 5.32 Å². The SMILES string of the molecule is NC1(OCCCC(=O)O)NCCc2ccccc21. The van der Waals surface area contributed by atoms with Gasteiger partial charge in [0, 0.05) is 18.5 Å². The van der Waals surface area contributed by atoms with Crippen LogP contribution in [0.1, 0.15) is 24.0 Å². The van der Waals surface area contributed by atoms with Crippen molar-refractivity contribution in [3.8, 4) is 0 Å². The highest BCUT2D eigenvalue weighted by molar-refractivity contribution is 5.66. The van der Waals surface area contributed by atoms with E-state index in [0.717, 1.165) is 18.5 Å². The Labute approximate surface area is 106 Å². The molecule has 0 radical (unpaired) electrons. The van der Waals surface area contributed by atoms with Crippen LogP contribution in [-0.2, 0) is 21.8 Å². The van der Waals surface area contributed by atoms with Crippen LogP contribution in [0.25, 0.3) is 0 Å². The van der Waals surface area contributed by atoms with E-state index in [0.29, 0.717) is 13.0 Å². The van der Waals surface area contributed by atoms with E-state index < -0.39 is 11.8 Å². The third kappa shape index (κ3) is 2.87. The maximum Gasteiger partial charge on any atom is 0.303 e. The normalized spacial score (nSPS) is 22.5. The summed E-state index contributed by atoms with van der Waals surface area (Å²) in [4.78, 5) is 10.4. The average Bonchev–Trinajstić information content (AvgIpc) is 2.35. The van der Waals surface area contributed by atoms with Crippen LogP contribution in [0.5, 0.6) is 0 Å². The van der Waals surface area contributed by atoms with Crippen molar-refractivity contribution in [1.29, 1.82) is 0 Å². The summed E-state index contributed by atoms with van der Waals surface area (Å²) in [5.74, 6) is -1.81. The Bertz CT molecular complexity index is 436. The van der Waals surface area contributed by atoms with Crippen LogP contribution in [0.2, 0.25) is 0 Å². The number of carboxylic acid groups (broad SMARTS) is 1. The molecule has 0 bridgehead atoms. The van der Waals surface area contributed by atoms with Crippen LogP contribution < -0.4 is 11.1 Å². The molecule has 0 saturated carbocycles. The van der Waals surface area contributed by atoms with Gasteiger partial charge in [-0.1, -0.05) is 24.3 Å². The Kier molecular flexibility index (Phi) is 3.96. The highest BCUT2D eigenvalue weighted by Crippen LogP contribution is 2.25. The van der Waals surface area contributed by atoms with Crippen LogP contribution in [0.3, 0.4) is 0 Å². The highest BCUT2D eigenvalue weighted by atomic mass is 16.5. The first-order valence-electron chi connectivity index (χ1n) is 6.10. The van der Waals surface area contributed by atoms with E-state index in [-0.39, 0.29) is 6.42 Å². The number of fused-ring (bicyclic) bond motifs is 1. The predicted molar refractivity (Wildman–Crippen MR) is 66.8 cm³/mol. The Morgan fingerprint density at radius 1 is 1.50 bits per heavy atom. The number of nitrogens with two attached hydrogens (primary N) is 1. The second kappa shape index (κ2) is 5.48. The third-order valence-electron chi connectivity index (χ3n) is 3.06. The lowest BCUT2D eigenvalue weighted by Gasteiger charge is -2.36. The zero-order valence-corrected chi connectivity index (χ0v) is 10.2. The Morgan fingerprint density at radius 3 is 3.06 bits per heavy atom. The second-order valence-electron chi connectivity index (χ2n) is 4.42. The number of ether oxygens (including phenoxy) is 1. The number of hydrogen-bond acceptors (Lipinski definition) is 4. The van der Waals surface area contributed by atoms with Gasteiger partial charge in [-0.15, -0.1) is 0 Å².